The molecule has 3 heterocycles. The highest BCUT2D eigenvalue weighted by Gasteiger charge is 2.21. The Hall–Kier alpha value is -3.94. The summed E-state index contributed by atoms with van der Waals surface area (Å²) < 4.78 is 10.9. The molecule has 2 amide bonds. The maximum absolute atomic E-state index is 13.0. The lowest BCUT2D eigenvalue weighted by atomic mass is 10.1. The van der Waals surface area contributed by atoms with E-state index in [1.165, 1.54) is 0 Å². The molecule has 0 spiro atoms. The minimum atomic E-state index is -0.321. The third-order valence-electron chi connectivity index (χ3n) is 5.15. The number of pyridine rings is 1. The molecular formula is C24H24N4O4. The zero-order valence-corrected chi connectivity index (χ0v) is 18.2. The molecule has 0 radical (unpaired) electrons. The first-order chi connectivity index (χ1) is 15.4. The third-order valence-corrected chi connectivity index (χ3v) is 5.15. The van der Waals surface area contributed by atoms with Crippen molar-refractivity contribution in [2.45, 2.75) is 33.7 Å². The summed E-state index contributed by atoms with van der Waals surface area (Å²) in [5.41, 5.74) is 3.62. The fourth-order valence-electron chi connectivity index (χ4n) is 3.57. The van der Waals surface area contributed by atoms with Crippen molar-refractivity contribution in [2.24, 2.45) is 0 Å². The first-order valence-electron chi connectivity index (χ1n) is 10.4. The van der Waals surface area contributed by atoms with E-state index in [0.717, 1.165) is 16.9 Å². The number of aryl methyl sites for hydroxylation is 3. The molecule has 0 unspecified atom stereocenters. The number of carbonyl (C=O) groups is 2. The second kappa shape index (κ2) is 9.05. The van der Waals surface area contributed by atoms with Crippen LogP contribution in [0.25, 0.3) is 22.4 Å². The van der Waals surface area contributed by atoms with E-state index in [1.807, 2.05) is 50.2 Å². The van der Waals surface area contributed by atoms with E-state index in [-0.39, 0.29) is 30.5 Å². The average Bonchev–Trinajstić information content (AvgIpc) is 3.33. The van der Waals surface area contributed by atoms with Crippen LogP contribution in [-0.4, -0.2) is 28.5 Å². The van der Waals surface area contributed by atoms with Crippen molar-refractivity contribution >= 4 is 22.9 Å². The molecule has 2 N–H and O–H groups in total. The maximum Gasteiger partial charge on any atom is 0.259 e. The van der Waals surface area contributed by atoms with Crippen LogP contribution >= 0.6 is 0 Å². The molecule has 0 saturated heterocycles. The lowest BCUT2D eigenvalue weighted by molar-refractivity contribution is -0.121. The minimum absolute atomic E-state index is 0.139. The number of rotatable bonds is 7. The van der Waals surface area contributed by atoms with Gasteiger partial charge in [-0.3, -0.25) is 9.59 Å². The summed E-state index contributed by atoms with van der Waals surface area (Å²) in [5.74, 6) is 0.992. The smallest absolute Gasteiger partial charge is 0.259 e. The summed E-state index contributed by atoms with van der Waals surface area (Å²) in [6.45, 7) is 6.10. The van der Waals surface area contributed by atoms with Crippen molar-refractivity contribution in [3.63, 3.8) is 0 Å². The van der Waals surface area contributed by atoms with Gasteiger partial charge >= 0.3 is 0 Å². The summed E-state index contributed by atoms with van der Waals surface area (Å²) in [7, 11) is 0. The first-order valence-corrected chi connectivity index (χ1v) is 10.4. The van der Waals surface area contributed by atoms with Crippen LogP contribution in [-0.2, 0) is 11.3 Å². The fourth-order valence-corrected chi connectivity index (χ4v) is 3.57. The number of nitrogens with zero attached hydrogens (tertiary/aromatic N) is 2. The molecule has 0 aliphatic heterocycles. The summed E-state index contributed by atoms with van der Waals surface area (Å²) in [6.07, 6.45) is 0.169. The second-order valence-corrected chi connectivity index (χ2v) is 7.60. The average molecular weight is 432 g/mol. The van der Waals surface area contributed by atoms with Crippen LogP contribution in [0.15, 0.2) is 51.4 Å². The molecule has 8 heteroatoms. The highest BCUT2D eigenvalue weighted by atomic mass is 16.5. The predicted molar refractivity (Wildman–Crippen MR) is 119 cm³/mol. The number of benzene rings is 1. The van der Waals surface area contributed by atoms with Gasteiger partial charge in [-0.05, 0) is 38.5 Å². The quantitative estimate of drug-likeness (QED) is 0.459. The Morgan fingerprint density at radius 3 is 2.53 bits per heavy atom. The van der Waals surface area contributed by atoms with Gasteiger partial charge in [0.05, 0.1) is 22.3 Å². The van der Waals surface area contributed by atoms with Gasteiger partial charge in [-0.15, -0.1) is 0 Å². The van der Waals surface area contributed by atoms with Gasteiger partial charge in [-0.2, -0.15) is 0 Å². The highest BCUT2D eigenvalue weighted by Crippen LogP contribution is 2.30. The van der Waals surface area contributed by atoms with E-state index in [9.17, 15) is 9.59 Å². The number of carbonyl (C=O) groups excluding carboxylic acids is 2. The van der Waals surface area contributed by atoms with Crippen LogP contribution in [0.1, 0.15) is 39.6 Å². The number of furan rings is 1. The van der Waals surface area contributed by atoms with Crippen LogP contribution < -0.4 is 10.6 Å². The molecule has 8 nitrogen and oxygen atoms in total. The molecule has 0 saturated carbocycles. The molecule has 164 valence electrons. The first kappa shape index (κ1) is 21.3. The highest BCUT2D eigenvalue weighted by molar-refractivity contribution is 6.07. The number of hydrogen-bond acceptors (Lipinski definition) is 6. The maximum atomic E-state index is 13.0. The number of aromatic nitrogens is 2. The Labute approximate surface area is 185 Å². The Kier molecular flexibility index (Phi) is 6.02. The Morgan fingerprint density at radius 2 is 1.81 bits per heavy atom. The molecule has 1 aromatic carbocycles. The normalized spacial score (nSPS) is 11.0. The van der Waals surface area contributed by atoms with Crippen LogP contribution in [0.3, 0.4) is 0 Å². The van der Waals surface area contributed by atoms with E-state index in [2.05, 4.69) is 20.8 Å². The summed E-state index contributed by atoms with van der Waals surface area (Å²) in [5, 5.41) is 10.2. The van der Waals surface area contributed by atoms with Crippen LogP contribution in [0, 0.1) is 20.8 Å². The number of fused-ring (bicyclic) bond motifs is 1. The standard InChI is InChI=1S/C24H24N4O4/c1-14-11-18(16(3)31-14)20-12-19(22-15(2)28-32-24(22)27-20)23(30)25-10-9-21(29)26-13-17-7-5-4-6-8-17/h4-8,11-12H,9-10,13H2,1-3H3,(H,25,30)(H,26,29). The molecule has 0 bridgehead atoms. The van der Waals surface area contributed by atoms with Crippen molar-refractivity contribution in [3.05, 3.63) is 70.8 Å². The summed E-state index contributed by atoms with van der Waals surface area (Å²) in [4.78, 5) is 29.6. The van der Waals surface area contributed by atoms with Gasteiger partial charge in [0.1, 0.15) is 11.5 Å². The van der Waals surface area contributed by atoms with Crippen molar-refractivity contribution in [2.75, 3.05) is 6.54 Å². The zero-order chi connectivity index (χ0) is 22.7. The molecular weight excluding hydrogens is 408 g/mol. The Morgan fingerprint density at radius 1 is 1.03 bits per heavy atom. The van der Waals surface area contributed by atoms with Crippen molar-refractivity contribution in [3.8, 4) is 11.3 Å². The molecule has 32 heavy (non-hydrogen) atoms. The van der Waals surface area contributed by atoms with Gasteiger partial charge in [-0.25, -0.2) is 4.98 Å². The lowest BCUT2D eigenvalue weighted by Crippen LogP contribution is -2.30. The van der Waals surface area contributed by atoms with Crippen LogP contribution in [0.2, 0.25) is 0 Å². The van der Waals surface area contributed by atoms with E-state index in [0.29, 0.717) is 34.6 Å². The number of amides is 2. The van der Waals surface area contributed by atoms with E-state index >= 15 is 0 Å². The topological polar surface area (TPSA) is 110 Å². The predicted octanol–water partition coefficient (Wildman–Crippen LogP) is 3.84. The molecule has 0 fully saturated rings. The molecule has 3 aromatic heterocycles. The van der Waals surface area contributed by atoms with Gasteiger partial charge in [0.2, 0.25) is 5.91 Å². The van der Waals surface area contributed by atoms with Crippen LogP contribution in [0.4, 0.5) is 0 Å². The van der Waals surface area contributed by atoms with Gasteiger partial charge in [0.15, 0.2) is 0 Å². The van der Waals surface area contributed by atoms with E-state index in [1.54, 1.807) is 13.0 Å². The molecule has 0 aliphatic carbocycles. The van der Waals surface area contributed by atoms with Gasteiger partial charge in [0.25, 0.3) is 11.6 Å². The van der Waals surface area contributed by atoms with E-state index < -0.39 is 0 Å². The largest absolute Gasteiger partial charge is 0.466 e. The monoisotopic (exact) mass is 432 g/mol. The second-order valence-electron chi connectivity index (χ2n) is 7.60. The van der Waals surface area contributed by atoms with Gasteiger partial charge in [-0.1, -0.05) is 35.5 Å². The van der Waals surface area contributed by atoms with Crippen molar-refractivity contribution < 1.29 is 18.5 Å². The molecule has 4 aromatic rings. The SMILES string of the molecule is Cc1cc(-c2cc(C(=O)NCCC(=O)NCc3ccccc3)c3c(C)noc3n2)c(C)o1. The fraction of sp³-hybridized carbons (Fsp3) is 0.250. The van der Waals surface area contributed by atoms with Crippen LogP contribution in [0.5, 0.6) is 0 Å². The molecule has 0 atom stereocenters. The van der Waals surface area contributed by atoms with Crippen molar-refractivity contribution in [1.82, 2.24) is 20.8 Å². The van der Waals surface area contributed by atoms with E-state index in [4.69, 9.17) is 8.94 Å². The Bertz CT molecular complexity index is 1270. The Balaban J connectivity index is 1.46. The van der Waals surface area contributed by atoms with Gasteiger partial charge < -0.3 is 19.6 Å². The summed E-state index contributed by atoms with van der Waals surface area (Å²) >= 11 is 0. The minimum Gasteiger partial charge on any atom is -0.466 e. The number of hydrogen-bond donors (Lipinski definition) is 2. The summed E-state index contributed by atoms with van der Waals surface area (Å²) in [6, 6.07) is 13.2. The number of nitrogens with one attached hydrogen (secondary N) is 2. The van der Waals surface area contributed by atoms with Gasteiger partial charge in [0, 0.05) is 25.1 Å². The zero-order valence-electron chi connectivity index (χ0n) is 18.2. The molecule has 0 aliphatic rings. The lowest BCUT2D eigenvalue weighted by Gasteiger charge is -2.09. The van der Waals surface area contributed by atoms with Crippen molar-refractivity contribution in [1.29, 1.82) is 0 Å². The molecule has 4 rings (SSSR count). The third kappa shape index (κ3) is 4.54.